The summed E-state index contributed by atoms with van der Waals surface area (Å²) in [6.45, 7) is 0. The number of aromatic nitrogens is 1. The third-order valence-corrected chi connectivity index (χ3v) is 2.40. The summed E-state index contributed by atoms with van der Waals surface area (Å²) in [5.74, 6) is -0.344. The van der Waals surface area contributed by atoms with Crippen LogP contribution in [0, 0.1) is 0 Å². The Balaban J connectivity index is 2.66. The summed E-state index contributed by atoms with van der Waals surface area (Å²) in [7, 11) is 1.57. The number of pyridine rings is 1. The molecule has 1 heterocycles. The fraction of sp³-hybridized carbons (Fsp3) is 0.167. The van der Waals surface area contributed by atoms with E-state index in [1.165, 1.54) is 6.20 Å². The maximum Gasteiger partial charge on any atom is 0.355 e. The predicted octanol–water partition coefficient (Wildman–Crippen LogP) is 2.18. The number of hydrogen-bond donors (Lipinski definition) is 1. The average Bonchev–Trinajstić information content (AvgIpc) is 2.49. The van der Waals surface area contributed by atoms with Crippen molar-refractivity contribution in [2.45, 2.75) is 6.42 Å². The number of ether oxygens (including phenoxy) is 1. The van der Waals surface area contributed by atoms with E-state index in [0.717, 1.165) is 12.0 Å². The lowest BCUT2D eigenvalue weighted by Gasteiger charge is -2.09. The molecule has 1 aliphatic carbocycles. The molecule has 0 aliphatic heterocycles. The number of carboxylic acid groups (broad SMARTS) is 1. The number of carbonyl (C=O) groups is 1. The Bertz CT molecular complexity index is 489. The SMILES string of the molecule is COC1=CCC=Cc2c1ccnc2C(=O)O. The second-order valence-corrected chi connectivity index (χ2v) is 3.34. The van der Waals surface area contributed by atoms with E-state index in [1.54, 1.807) is 19.3 Å². The third kappa shape index (κ3) is 1.69. The Hall–Kier alpha value is -2.10. The number of rotatable bonds is 2. The molecule has 1 aromatic heterocycles. The van der Waals surface area contributed by atoms with Gasteiger partial charge in [-0.25, -0.2) is 9.78 Å². The van der Waals surface area contributed by atoms with Crippen molar-refractivity contribution in [2.24, 2.45) is 0 Å². The molecule has 1 N–H and O–H groups in total. The van der Waals surface area contributed by atoms with Gasteiger partial charge in [0.1, 0.15) is 5.76 Å². The van der Waals surface area contributed by atoms with Gasteiger partial charge in [0.05, 0.1) is 7.11 Å². The average molecular weight is 217 g/mol. The van der Waals surface area contributed by atoms with Crippen molar-refractivity contribution in [3.63, 3.8) is 0 Å². The van der Waals surface area contributed by atoms with E-state index in [9.17, 15) is 4.79 Å². The highest BCUT2D eigenvalue weighted by atomic mass is 16.5. The summed E-state index contributed by atoms with van der Waals surface area (Å²) in [6, 6.07) is 1.76. The largest absolute Gasteiger partial charge is 0.496 e. The molecular formula is C12H11NO3. The highest BCUT2D eigenvalue weighted by molar-refractivity contribution is 5.92. The molecule has 0 aromatic carbocycles. The summed E-state index contributed by atoms with van der Waals surface area (Å²) >= 11 is 0. The number of aromatic carboxylic acids is 1. The number of allylic oxidation sites excluding steroid dienone is 2. The van der Waals surface area contributed by atoms with E-state index >= 15 is 0 Å². The Morgan fingerprint density at radius 3 is 3.06 bits per heavy atom. The van der Waals surface area contributed by atoms with Gasteiger partial charge in [0, 0.05) is 17.3 Å². The molecule has 4 heteroatoms. The molecule has 0 amide bonds. The van der Waals surface area contributed by atoms with Crippen LogP contribution < -0.4 is 0 Å². The van der Waals surface area contributed by atoms with Crippen molar-refractivity contribution in [1.29, 1.82) is 0 Å². The normalized spacial score (nSPS) is 13.7. The van der Waals surface area contributed by atoms with Crippen LogP contribution in [-0.4, -0.2) is 23.2 Å². The summed E-state index contributed by atoms with van der Waals surface area (Å²) in [4.78, 5) is 14.9. The van der Waals surface area contributed by atoms with Crippen LogP contribution in [0.2, 0.25) is 0 Å². The maximum absolute atomic E-state index is 11.0. The van der Waals surface area contributed by atoms with Crippen LogP contribution in [0.25, 0.3) is 11.8 Å². The Morgan fingerprint density at radius 1 is 1.56 bits per heavy atom. The zero-order valence-corrected chi connectivity index (χ0v) is 8.80. The van der Waals surface area contributed by atoms with Crippen molar-refractivity contribution >= 4 is 17.8 Å². The molecule has 0 saturated carbocycles. The Morgan fingerprint density at radius 2 is 2.38 bits per heavy atom. The lowest BCUT2D eigenvalue weighted by molar-refractivity contribution is 0.0690. The standard InChI is InChI=1S/C12H11NO3/c1-16-10-5-3-2-4-9-8(10)6-7-13-11(9)12(14)15/h2,4-7H,3H2,1H3,(H,14,15). The van der Waals surface area contributed by atoms with Gasteiger partial charge in [-0.1, -0.05) is 12.2 Å². The number of methoxy groups -OCH3 is 1. The van der Waals surface area contributed by atoms with Gasteiger partial charge in [-0.2, -0.15) is 0 Å². The fourth-order valence-electron chi connectivity index (χ4n) is 1.69. The molecule has 0 atom stereocenters. The van der Waals surface area contributed by atoms with Crippen molar-refractivity contribution in [1.82, 2.24) is 4.98 Å². The minimum atomic E-state index is -1.03. The molecule has 0 saturated heterocycles. The fourth-order valence-corrected chi connectivity index (χ4v) is 1.69. The van der Waals surface area contributed by atoms with E-state index in [-0.39, 0.29) is 5.69 Å². The zero-order valence-electron chi connectivity index (χ0n) is 8.80. The van der Waals surface area contributed by atoms with Crippen LogP contribution in [0.3, 0.4) is 0 Å². The lowest BCUT2D eigenvalue weighted by Crippen LogP contribution is -2.05. The summed E-state index contributed by atoms with van der Waals surface area (Å²) in [5, 5.41) is 9.03. The topological polar surface area (TPSA) is 59.4 Å². The minimum absolute atomic E-state index is 0.0543. The van der Waals surface area contributed by atoms with Gasteiger partial charge in [0.25, 0.3) is 0 Å². The number of nitrogens with zero attached hydrogens (tertiary/aromatic N) is 1. The number of carboxylic acids is 1. The molecule has 1 aromatic rings. The summed E-state index contributed by atoms with van der Waals surface area (Å²) in [5.41, 5.74) is 1.42. The second kappa shape index (κ2) is 4.18. The first-order chi connectivity index (χ1) is 7.74. The molecular weight excluding hydrogens is 206 g/mol. The van der Waals surface area contributed by atoms with Crippen molar-refractivity contribution in [2.75, 3.05) is 7.11 Å². The van der Waals surface area contributed by atoms with E-state index in [4.69, 9.17) is 9.84 Å². The summed E-state index contributed by atoms with van der Waals surface area (Å²) < 4.78 is 5.23. The predicted molar refractivity (Wildman–Crippen MR) is 59.8 cm³/mol. The molecule has 82 valence electrons. The van der Waals surface area contributed by atoms with Crippen LogP contribution in [0.1, 0.15) is 28.0 Å². The minimum Gasteiger partial charge on any atom is -0.496 e. The maximum atomic E-state index is 11.0. The number of fused-ring (bicyclic) bond motifs is 1. The van der Waals surface area contributed by atoms with Gasteiger partial charge >= 0.3 is 5.97 Å². The van der Waals surface area contributed by atoms with Gasteiger partial charge < -0.3 is 9.84 Å². The van der Waals surface area contributed by atoms with Crippen LogP contribution >= 0.6 is 0 Å². The molecule has 4 nitrogen and oxygen atoms in total. The molecule has 0 bridgehead atoms. The first kappa shape index (κ1) is 10.4. The first-order valence-electron chi connectivity index (χ1n) is 4.87. The van der Waals surface area contributed by atoms with Crippen LogP contribution in [0.15, 0.2) is 24.4 Å². The van der Waals surface area contributed by atoms with Gasteiger partial charge in [0.2, 0.25) is 0 Å². The van der Waals surface area contributed by atoms with E-state index in [1.807, 2.05) is 12.2 Å². The summed E-state index contributed by atoms with van der Waals surface area (Å²) in [6.07, 6.45) is 7.77. The van der Waals surface area contributed by atoms with Crippen LogP contribution in [0.5, 0.6) is 0 Å². The van der Waals surface area contributed by atoms with Gasteiger partial charge in [0.15, 0.2) is 5.69 Å². The highest BCUT2D eigenvalue weighted by Crippen LogP contribution is 2.26. The van der Waals surface area contributed by atoms with Crippen LogP contribution in [-0.2, 0) is 4.74 Å². The molecule has 0 radical (unpaired) electrons. The van der Waals surface area contributed by atoms with Gasteiger partial charge in [-0.05, 0) is 18.6 Å². The molecule has 16 heavy (non-hydrogen) atoms. The smallest absolute Gasteiger partial charge is 0.355 e. The molecule has 0 fully saturated rings. The zero-order chi connectivity index (χ0) is 11.5. The van der Waals surface area contributed by atoms with Crippen molar-refractivity contribution in [3.05, 3.63) is 41.2 Å². The number of hydrogen-bond acceptors (Lipinski definition) is 3. The van der Waals surface area contributed by atoms with Crippen molar-refractivity contribution in [3.8, 4) is 0 Å². The highest BCUT2D eigenvalue weighted by Gasteiger charge is 2.17. The molecule has 0 spiro atoms. The van der Waals surface area contributed by atoms with E-state index in [2.05, 4.69) is 4.98 Å². The van der Waals surface area contributed by atoms with E-state index in [0.29, 0.717) is 11.3 Å². The molecule has 0 unspecified atom stereocenters. The Kier molecular flexibility index (Phi) is 2.72. The first-order valence-corrected chi connectivity index (χ1v) is 4.87. The van der Waals surface area contributed by atoms with Gasteiger partial charge in [-0.15, -0.1) is 0 Å². The second-order valence-electron chi connectivity index (χ2n) is 3.34. The molecule has 2 rings (SSSR count). The third-order valence-electron chi connectivity index (χ3n) is 2.40. The molecule has 1 aliphatic rings. The Labute approximate surface area is 92.9 Å². The van der Waals surface area contributed by atoms with E-state index < -0.39 is 5.97 Å². The van der Waals surface area contributed by atoms with Crippen molar-refractivity contribution < 1.29 is 14.6 Å². The van der Waals surface area contributed by atoms with Crippen LogP contribution in [0.4, 0.5) is 0 Å². The lowest BCUT2D eigenvalue weighted by atomic mass is 10.1. The monoisotopic (exact) mass is 217 g/mol. The van der Waals surface area contributed by atoms with Gasteiger partial charge in [-0.3, -0.25) is 0 Å². The quantitative estimate of drug-likeness (QED) is 0.824.